The summed E-state index contributed by atoms with van der Waals surface area (Å²) < 4.78 is 0. The number of carbonyl (C=O) groups is 2. The van der Waals surface area contributed by atoms with E-state index in [2.05, 4.69) is 17.6 Å². The minimum atomic E-state index is -0.486. The first-order valence-electron chi connectivity index (χ1n) is 8.59. The summed E-state index contributed by atoms with van der Waals surface area (Å²) in [5.41, 5.74) is 8.38. The van der Waals surface area contributed by atoms with Crippen molar-refractivity contribution >= 4 is 57.1 Å². The zero-order valence-electron chi connectivity index (χ0n) is 15.0. The van der Waals surface area contributed by atoms with Crippen LogP contribution in [0.15, 0.2) is 18.2 Å². The van der Waals surface area contributed by atoms with Crippen LogP contribution in [0.3, 0.4) is 0 Å². The monoisotopic (exact) mass is 421 g/mol. The summed E-state index contributed by atoms with van der Waals surface area (Å²) in [6.07, 6.45) is 2.77. The van der Waals surface area contributed by atoms with Crippen molar-refractivity contribution in [2.45, 2.75) is 33.1 Å². The second kappa shape index (κ2) is 7.96. The first kappa shape index (κ1) is 19.8. The highest BCUT2D eigenvalue weighted by molar-refractivity contribution is 7.80. The molecule has 8 heteroatoms. The van der Waals surface area contributed by atoms with Crippen LogP contribution in [-0.4, -0.2) is 16.9 Å². The Bertz CT molecular complexity index is 939. The van der Waals surface area contributed by atoms with Crippen molar-refractivity contribution in [2.75, 3.05) is 5.32 Å². The molecular weight excluding hydrogens is 402 g/mol. The lowest BCUT2D eigenvalue weighted by Crippen LogP contribution is -2.34. The van der Waals surface area contributed by atoms with Gasteiger partial charge in [0, 0.05) is 4.88 Å². The van der Waals surface area contributed by atoms with Crippen LogP contribution < -0.4 is 16.4 Å². The third-order valence-electron chi connectivity index (χ3n) is 4.58. The van der Waals surface area contributed by atoms with Crippen LogP contribution in [0.5, 0.6) is 0 Å². The molecule has 0 fully saturated rings. The molecule has 0 saturated heterocycles. The second-order valence-corrected chi connectivity index (χ2v) is 8.73. The molecule has 3 rings (SSSR count). The molecule has 4 N–H and O–H groups in total. The molecule has 1 aromatic carbocycles. The van der Waals surface area contributed by atoms with Crippen molar-refractivity contribution in [3.63, 3.8) is 0 Å². The summed E-state index contributed by atoms with van der Waals surface area (Å²) in [5, 5.41) is 6.62. The van der Waals surface area contributed by atoms with Gasteiger partial charge in [0.15, 0.2) is 5.11 Å². The van der Waals surface area contributed by atoms with Gasteiger partial charge < -0.3 is 11.1 Å². The van der Waals surface area contributed by atoms with Gasteiger partial charge in [0.1, 0.15) is 5.00 Å². The van der Waals surface area contributed by atoms with E-state index in [0.29, 0.717) is 27.1 Å². The number of primary amides is 1. The predicted molar refractivity (Wildman–Crippen MR) is 114 cm³/mol. The molecule has 5 nitrogen and oxygen atoms in total. The minimum absolute atomic E-state index is 0.103. The maximum atomic E-state index is 12.4. The molecule has 1 aliphatic carbocycles. The summed E-state index contributed by atoms with van der Waals surface area (Å²) in [7, 11) is 0. The Morgan fingerprint density at radius 2 is 2.11 bits per heavy atom. The topological polar surface area (TPSA) is 84.2 Å². The molecule has 1 aliphatic rings. The van der Waals surface area contributed by atoms with Gasteiger partial charge in [0.25, 0.3) is 11.8 Å². The van der Waals surface area contributed by atoms with E-state index in [4.69, 9.17) is 29.6 Å². The zero-order chi connectivity index (χ0) is 19.7. The molecule has 2 aromatic rings. The van der Waals surface area contributed by atoms with Gasteiger partial charge in [0.05, 0.1) is 16.1 Å². The summed E-state index contributed by atoms with van der Waals surface area (Å²) in [6, 6.07) is 5.17. The van der Waals surface area contributed by atoms with Gasteiger partial charge in [0.2, 0.25) is 0 Å². The number of aryl methyl sites for hydroxylation is 1. The first-order valence-corrected chi connectivity index (χ1v) is 10.2. The van der Waals surface area contributed by atoms with Gasteiger partial charge in [-0.25, -0.2) is 0 Å². The number of fused-ring (bicyclic) bond motifs is 1. The highest BCUT2D eigenvalue weighted by Gasteiger charge is 2.27. The largest absolute Gasteiger partial charge is 0.365 e. The molecule has 0 bridgehead atoms. The van der Waals surface area contributed by atoms with Crippen LogP contribution in [0.25, 0.3) is 0 Å². The lowest BCUT2D eigenvalue weighted by molar-refractivity contribution is 0.0975. The normalized spacial score (nSPS) is 15.7. The van der Waals surface area contributed by atoms with Crippen LogP contribution >= 0.6 is 35.2 Å². The Balaban J connectivity index is 1.78. The molecule has 1 heterocycles. The molecule has 142 valence electrons. The van der Waals surface area contributed by atoms with E-state index in [1.807, 2.05) is 6.92 Å². The van der Waals surface area contributed by atoms with Gasteiger partial charge in [-0.15, -0.1) is 11.3 Å². The van der Waals surface area contributed by atoms with Crippen molar-refractivity contribution < 1.29 is 9.59 Å². The molecular formula is C19H20ClN3O2S2. The van der Waals surface area contributed by atoms with E-state index in [9.17, 15) is 9.59 Å². The van der Waals surface area contributed by atoms with Crippen molar-refractivity contribution in [3.05, 3.63) is 50.4 Å². The van der Waals surface area contributed by atoms with E-state index in [0.717, 1.165) is 35.3 Å². The fourth-order valence-electron chi connectivity index (χ4n) is 3.21. The third kappa shape index (κ3) is 4.31. The summed E-state index contributed by atoms with van der Waals surface area (Å²) >= 11 is 12.9. The highest BCUT2D eigenvalue weighted by Crippen LogP contribution is 2.39. The van der Waals surface area contributed by atoms with Crippen molar-refractivity contribution in [1.82, 2.24) is 5.32 Å². The zero-order valence-corrected chi connectivity index (χ0v) is 17.4. The summed E-state index contributed by atoms with van der Waals surface area (Å²) in [5.74, 6) is -0.326. The number of rotatable bonds is 3. The van der Waals surface area contributed by atoms with E-state index in [-0.39, 0.29) is 5.11 Å². The molecule has 0 spiro atoms. The molecule has 0 saturated carbocycles. The number of halogens is 1. The fourth-order valence-corrected chi connectivity index (χ4v) is 5.21. The quantitative estimate of drug-likeness (QED) is 0.652. The molecule has 0 unspecified atom stereocenters. The number of anilines is 1. The lowest BCUT2D eigenvalue weighted by Gasteiger charge is -2.18. The third-order valence-corrected chi connectivity index (χ3v) is 6.27. The van der Waals surface area contributed by atoms with Crippen LogP contribution in [0.2, 0.25) is 5.02 Å². The van der Waals surface area contributed by atoms with Crippen LogP contribution in [0.1, 0.15) is 50.1 Å². The fraction of sp³-hybridized carbons (Fsp3) is 0.316. The highest BCUT2D eigenvalue weighted by atomic mass is 35.5. The number of amides is 2. The average Bonchev–Trinajstić information content (AvgIpc) is 2.91. The van der Waals surface area contributed by atoms with Gasteiger partial charge >= 0.3 is 0 Å². The number of hydrogen-bond donors (Lipinski definition) is 3. The van der Waals surface area contributed by atoms with Crippen LogP contribution in [0, 0.1) is 12.8 Å². The maximum Gasteiger partial charge on any atom is 0.258 e. The summed E-state index contributed by atoms with van der Waals surface area (Å²) in [6.45, 7) is 4.08. The number of nitrogens with one attached hydrogen (secondary N) is 2. The van der Waals surface area contributed by atoms with E-state index < -0.39 is 11.8 Å². The van der Waals surface area contributed by atoms with Crippen molar-refractivity contribution in [2.24, 2.45) is 11.7 Å². The number of nitrogens with two attached hydrogens (primary N) is 1. The van der Waals surface area contributed by atoms with E-state index in [1.165, 1.54) is 11.3 Å². The molecule has 27 heavy (non-hydrogen) atoms. The molecule has 2 amide bonds. The number of thiocarbonyl (C=S) groups is 1. The number of carbonyl (C=O) groups excluding carboxylic acids is 2. The van der Waals surface area contributed by atoms with Crippen molar-refractivity contribution in [3.8, 4) is 0 Å². The maximum absolute atomic E-state index is 12.4. The van der Waals surface area contributed by atoms with E-state index >= 15 is 0 Å². The standard InChI is InChI=1S/C19H20ClN3O2S2/c1-9-3-5-11(13(20)7-9)17(25)22-19(26)23-18-15(16(21)24)12-6-4-10(2)8-14(12)27-18/h3,5,7,10H,4,6,8H2,1-2H3,(H2,21,24)(H2,22,23,25,26)/t10-/m1/s1. The smallest absolute Gasteiger partial charge is 0.258 e. The number of thiophene rings is 1. The molecule has 0 aliphatic heterocycles. The molecule has 0 radical (unpaired) electrons. The Kier molecular flexibility index (Phi) is 5.83. The Morgan fingerprint density at radius 1 is 1.37 bits per heavy atom. The van der Waals surface area contributed by atoms with Crippen LogP contribution in [-0.2, 0) is 12.8 Å². The van der Waals surface area contributed by atoms with E-state index in [1.54, 1.807) is 18.2 Å². The molecule has 1 aromatic heterocycles. The van der Waals surface area contributed by atoms with Gasteiger partial charge in [-0.1, -0.05) is 24.6 Å². The number of hydrogen-bond acceptors (Lipinski definition) is 4. The van der Waals surface area contributed by atoms with Gasteiger partial charge in [-0.3, -0.25) is 14.9 Å². The first-order chi connectivity index (χ1) is 12.8. The lowest BCUT2D eigenvalue weighted by atomic mass is 9.88. The van der Waals surface area contributed by atoms with Gasteiger partial charge in [-0.05, 0) is 67.6 Å². The number of benzene rings is 1. The molecule has 1 atom stereocenters. The second-order valence-electron chi connectivity index (χ2n) is 6.81. The summed E-state index contributed by atoms with van der Waals surface area (Å²) in [4.78, 5) is 25.6. The Labute approximate surface area is 172 Å². The van der Waals surface area contributed by atoms with Crippen molar-refractivity contribution in [1.29, 1.82) is 0 Å². The predicted octanol–water partition coefficient (Wildman–Crippen LogP) is 4.06. The SMILES string of the molecule is Cc1ccc(C(=O)NC(=S)Nc2sc3c(c2C(N)=O)CC[C@@H](C)C3)c(Cl)c1. The Morgan fingerprint density at radius 3 is 2.78 bits per heavy atom. The van der Waals surface area contributed by atoms with Gasteiger partial charge in [-0.2, -0.15) is 0 Å². The minimum Gasteiger partial charge on any atom is -0.365 e. The van der Waals surface area contributed by atoms with Crippen LogP contribution in [0.4, 0.5) is 5.00 Å². The Hall–Kier alpha value is -1.96. The average molecular weight is 422 g/mol.